The van der Waals surface area contributed by atoms with Crippen LogP contribution in [-0.4, -0.2) is 17.4 Å². The number of aromatic nitrogens is 1. The summed E-state index contributed by atoms with van der Waals surface area (Å²) in [6.07, 6.45) is 0. The molecule has 0 radical (unpaired) electrons. The molecule has 3 N–H and O–H groups in total. The third-order valence-corrected chi connectivity index (χ3v) is 1.74. The van der Waals surface area contributed by atoms with Gasteiger partial charge >= 0.3 is 0 Å². The second-order valence-corrected chi connectivity index (χ2v) is 2.69. The molecule has 70 valence electrons. The van der Waals surface area contributed by atoms with Gasteiger partial charge < -0.3 is 15.5 Å². The Labute approximate surface area is 78.8 Å². The second kappa shape index (κ2) is 3.95. The molecule has 0 bridgehead atoms. The summed E-state index contributed by atoms with van der Waals surface area (Å²) in [5, 5.41) is 0.315. The third kappa shape index (κ3) is 2.22. The van der Waals surface area contributed by atoms with Gasteiger partial charge in [0, 0.05) is 0 Å². The van der Waals surface area contributed by atoms with Gasteiger partial charge in [-0.25, -0.2) is 0 Å². The van der Waals surface area contributed by atoms with Crippen molar-refractivity contribution in [2.45, 2.75) is 6.61 Å². The number of carbonyl (C=O) groups excluding carboxylic acids is 2. The Kier molecular flexibility index (Phi) is 2.92. The summed E-state index contributed by atoms with van der Waals surface area (Å²) in [6, 6.07) is 1.38. The van der Waals surface area contributed by atoms with Gasteiger partial charge in [-0.3, -0.25) is 9.59 Å². The molecular weight excluding hydrogens is 196 g/mol. The zero-order chi connectivity index (χ0) is 9.84. The number of hydrogen-bond acceptors (Lipinski definition) is 3. The van der Waals surface area contributed by atoms with Crippen LogP contribution in [-0.2, 0) is 16.1 Å². The van der Waals surface area contributed by atoms with Crippen LogP contribution in [0.4, 0.5) is 0 Å². The topological polar surface area (TPSA) is 85.2 Å². The van der Waals surface area contributed by atoms with E-state index in [0.717, 1.165) is 0 Å². The van der Waals surface area contributed by atoms with E-state index in [-0.39, 0.29) is 12.3 Å². The van der Waals surface area contributed by atoms with Crippen molar-refractivity contribution in [2.24, 2.45) is 5.73 Å². The highest BCUT2D eigenvalue weighted by atomic mass is 35.5. The van der Waals surface area contributed by atoms with Crippen LogP contribution in [0.5, 0.6) is 0 Å². The van der Waals surface area contributed by atoms with Crippen molar-refractivity contribution in [1.29, 1.82) is 0 Å². The Morgan fingerprint density at radius 3 is 2.92 bits per heavy atom. The van der Waals surface area contributed by atoms with E-state index >= 15 is 0 Å². The van der Waals surface area contributed by atoms with E-state index in [9.17, 15) is 9.59 Å². The number of carbonyl (C=O) groups is 2. The molecule has 0 saturated carbocycles. The fraction of sp³-hybridized carbons (Fsp3) is 0.143. The Morgan fingerprint density at radius 1 is 1.77 bits per heavy atom. The maximum atomic E-state index is 10.7. The van der Waals surface area contributed by atoms with E-state index in [2.05, 4.69) is 9.72 Å². The highest BCUT2D eigenvalue weighted by molar-refractivity contribution is 6.31. The molecule has 1 aromatic rings. The van der Waals surface area contributed by atoms with Gasteiger partial charge in [0.05, 0.1) is 10.7 Å². The van der Waals surface area contributed by atoms with Crippen molar-refractivity contribution >= 4 is 24.0 Å². The Bertz CT molecular complexity index is 334. The lowest BCUT2D eigenvalue weighted by Gasteiger charge is -1.95. The maximum Gasteiger partial charge on any atom is 0.293 e. The number of primary amides is 1. The van der Waals surface area contributed by atoms with Crippen LogP contribution in [0.15, 0.2) is 6.07 Å². The second-order valence-electron chi connectivity index (χ2n) is 2.28. The fourth-order valence-corrected chi connectivity index (χ4v) is 1.04. The Morgan fingerprint density at radius 2 is 2.46 bits per heavy atom. The van der Waals surface area contributed by atoms with Crippen LogP contribution >= 0.6 is 11.6 Å². The number of nitrogens with one attached hydrogen (secondary N) is 1. The number of halogens is 1. The number of ether oxygens (including phenoxy) is 1. The molecule has 1 amide bonds. The van der Waals surface area contributed by atoms with Crippen LogP contribution in [0.3, 0.4) is 0 Å². The number of H-pyrrole nitrogens is 1. The van der Waals surface area contributed by atoms with Crippen LogP contribution in [0, 0.1) is 0 Å². The highest BCUT2D eigenvalue weighted by Crippen LogP contribution is 2.17. The number of nitrogens with two attached hydrogens (primary N) is 1. The van der Waals surface area contributed by atoms with E-state index in [4.69, 9.17) is 17.3 Å². The predicted molar refractivity (Wildman–Crippen MR) is 45.2 cm³/mol. The van der Waals surface area contributed by atoms with Crippen molar-refractivity contribution in [3.63, 3.8) is 0 Å². The summed E-state index contributed by atoms with van der Waals surface area (Å²) in [4.78, 5) is 23.1. The molecule has 0 spiro atoms. The standard InChI is InChI=1S/C7H7ClN2O3/c8-4-1-5(7(9)12)10-6(4)2-13-3-11/h1,3,10H,2H2,(H2,9,12). The van der Waals surface area contributed by atoms with Crippen molar-refractivity contribution in [3.05, 3.63) is 22.5 Å². The van der Waals surface area contributed by atoms with E-state index in [1.807, 2.05) is 0 Å². The van der Waals surface area contributed by atoms with E-state index < -0.39 is 5.91 Å². The van der Waals surface area contributed by atoms with E-state index in [0.29, 0.717) is 17.2 Å². The molecule has 0 aromatic carbocycles. The van der Waals surface area contributed by atoms with Crippen LogP contribution in [0.2, 0.25) is 5.02 Å². The van der Waals surface area contributed by atoms with Gasteiger partial charge in [-0.1, -0.05) is 11.6 Å². The van der Waals surface area contributed by atoms with Crippen molar-refractivity contribution < 1.29 is 14.3 Å². The van der Waals surface area contributed by atoms with E-state index in [1.165, 1.54) is 6.07 Å². The highest BCUT2D eigenvalue weighted by Gasteiger charge is 2.09. The van der Waals surface area contributed by atoms with Gasteiger partial charge in [-0.15, -0.1) is 0 Å². The van der Waals surface area contributed by atoms with Gasteiger partial charge in [-0.2, -0.15) is 0 Å². The minimum atomic E-state index is -0.612. The SMILES string of the molecule is NC(=O)c1cc(Cl)c(COC=O)[nH]1. The quantitative estimate of drug-likeness (QED) is 0.695. The van der Waals surface area contributed by atoms with Crippen molar-refractivity contribution in [1.82, 2.24) is 4.98 Å². The van der Waals surface area contributed by atoms with E-state index in [1.54, 1.807) is 0 Å². The number of rotatable bonds is 4. The zero-order valence-electron chi connectivity index (χ0n) is 6.54. The molecule has 13 heavy (non-hydrogen) atoms. The van der Waals surface area contributed by atoms with Gasteiger partial charge in [-0.05, 0) is 6.07 Å². The molecule has 1 rings (SSSR count). The average Bonchev–Trinajstić information content (AvgIpc) is 2.44. The number of aromatic amines is 1. The third-order valence-electron chi connectivity index (χ3n) is 1.41. The maximum absolute atomic E-state index is 10.7. The molecule has 1 heterocycles. The first kappa shape index (κ1) is 9.60. The number of hydrogen-bond donors (Lipinski definition) is 2. The molecule has 0 fully saturated rings. The molecule has 5 nitrogen and oxygen atoms in total. The van der Waals surface area contributed by atoms with Crippen LogP contribution in [0.1, 0.15) is 16.2 Å². The lowest BCUT2D eigenvalue weighted by molar-refractivity contribution is -0.129. The predicted octanol–water partition coefficient (Wildman–Crippen LogP) is 0.440. The van der Waals surface area contributed by atoms with Gasteiger partial charge in [0.15, 0.2) is 0 Å². The largest absolute Gasteiger partial charge is 0.461 e. The Balaban J connectivity index is 2.83. The summed E-state index contributed by atoms with van der Waals surface area (Å²) in [5.41, 5.74) is 5.62. The molecule has 1 aromatic heterocycles. The molecule has 0 aliphatic heterocycles. The smallest absolute Gasteiger partial charge is 0.293 e. The first-order valence-corrected chi connectivity index (χ1v) is 3.75. The average molecular weight is 203 g/mol. The first-order valence-electron chi connectivity index (χ1n) is 3.37. The molecule has 0 aliphatic carbocycles. The minimum absolute atomic E-state index is 0.00435. The molecule has 0 aliphatic rings. The first-order chi connectivity index (χ1) is 6.15. The minimum Gasteiger partial charge on any atom is -0.461 e. The lowest BCUT2D eigenvalue weighted by atomic mass is 10.4. The summed E-state index contributed by atoms with van der Waals surface area (Å²) in [7, 11) is 0. The van der Waals surface area contributed by atoms with Crippen LogP contribution < -0.4 is 5.73 Å². The van der Waals surface area contributed by atoms with Gasteiger partial charge in [0.25, 0.3) is 12.4 Å². The molecule has 6 heteroatoms. The van der Waals surface area contributed by atoms with Crippen LogP contribution in [0.25, 0.3) is 0 Å². The summed E-state index contributed by atoms with van der Waals surface area (Å²) >= 11 is 5.69. The van der Waals surface area contributed by atoms with Gasteiger partial charge in [0.2, 0.25) is 0 Å². The Hall–Kier alpha value is -1.49. The summed E-state index contributed by atoms with van der Waals surface area (Å²) < 4.78 is 4.45. The van der Waals surface area contributed by atoms with Crippen molar-refractivity contribution in [2.75, 3.05) is 0 Å². The lowest BCUT2D eigenvalue weighted by Crippen LogP contribution is -2.11. The number of amides is 1. The molecule has 0 atom stereocenters. The monoisotopic (exact) mass is 202 g/mol. The zero-order valence-corrected chi connectivity index (χ0v) is 7.30. The van der Waals surface area contributed by atoms with Crippen molar-refractivity contribution in [3.8, 4) is 0 Å². The summed E-state index contributed by atoms with van der Waals surface area (Å²) in [5.74, 6) is -0.612. The van der Waals surface area contributed by atoms with Gasteiger partial charge in [0.1, 0.15) is 12.3 Å². The molecule has 0 saturated heterocycles. The molecule has 0 unspecified atom stereocenters. The summed E-state index contributed by atoms with van der Waals surface area (Å²) in [6.45, 7) is 0.288. The normalized spacial score (nSPS) is 9.62. The fourth-order valence-electron chi connectivity index (χ4n) is 0.827. The molecular formula is C7H7ClN2O3.